The summed E-state index contributed by atoms with van der Waals surface area (Å²) in [4.78, 5) is 26.7. The molecule has 2 aromatic carbocycles. The topological polar surface area (TPSA) is 66.7 Å². The van der Waals surface area contributed by atoms with Gasteiger partial charge in [0.25, 0.3) is 11.6 Å². The van der Waals surface area contributed by atoms with E-state index in [-0.39, 0.29) is 17.4 Å². The Morgan fingerprint density at radius 1 is 1.15 bits per heavy atom. The van der Waals surface area contributed by atoms with Crippen molar-refractivity contribution in [1.29, 1.82) is 0 Å². The number of benzene rings is 2. The Morgan fingerprint density at radius 2 is 1.88 bits per heavy atom. The Morgan fingerprint density at radius 3 is 2.54 bits per heavy atom. The highest BCUT2D eigenvalue weighted by molar-refractivity contribution is 6.31. The minimum atomic E-state index is -0.513. The first-order valence-corrected chi connectivity index (χ1v) is 8.52. The number of piperazine rings is 1. The Hall–Kier alpha value is -2.51. The van der Waals surface area contributed by atoms with E-state index in [9.17, 15) is 19.3 Å². The van der Waals surface area contributed by atoms with Crippen molar-refractivity contribution in [3.8, 4) is 0 Å². The zero-order valence-corrected chi connectivity index (χ0v) is 14.7. The molecule has 8 heteroatoms. The molecule has 1 fully saturated rings. The molecule has 0 atom stereocenters. The van der Waals surface area contributed by atoms with Crippen LogP contribution in [0.1, 0.15) is 15.9 Å². The molecule has 26 heavy (non-hydrogen) atoms. The van der Waals surface area contributed by atoms with Crippen LogP contribution in [0.5, 0.6) is 0 Å². The van der Waals surface area contributed by atoms with Gasteiger partial charge in [-0.2, -0.15) is 0 Å². The molecule has 0 aromatic heterocycles. The smallest absolute Gasteiger partial charge is 0.270 e. The lowest BCUT2D eigenvalue weighted by atomic mass is 10.1. The second-order valence-electron chi connectivity index (χ2n) is 6.11. The molecule has 0 radical (unpaired) electrons. The third-order valence-electron chi connectivity index (χ3n) is 4.37. The monoisotopic (exact) mass is 377 g/mol. The van der Waals surface area contributed by atoms with Crippen LogP contribution >= 0.6 is 11.6 Å². The second-order valence-corrected chi connectivity index (χ2v) is 6.52. The first kappa shape index (κ1) is 18.3. The van der Waals surface area contributed by atoms with Crippen LogP contribution in [0.15, 0.2) is 42.5 Å². The summed E-state index contributed by atoms with van der Waals surface area (Å²) in [7, 11) is 0. The van der Waals surface area contributed by atoms with Crippen LogP contribution in [-0.4, -0.2) is 46.8 Å². The van der Waals surface area contributed by atoms with Gasteiger partial charge in [0.1, 0.15) is 5.82 Å². The lowest BCUT2D eigenvalue weighted by Crippen LogP contribution is -2.48. The van der Waals surface area contributed by atoms with Crippen molar-refractivity contribution in [2.75, 3.05) is 26.2 Å². The number of nitro groups is 1. The van der Waals surface area contributed by atoms with Gasteiger partial charge in [0.05, 0.1) is 4.92 Å². The van der Waals surface area contributed by atoms with E-state index in [1.165, 1.54) is 30.3 Å². The van der Waals surface area contributed by atoms with Crippen molar-refractivity contribution in [2.24, 2.45) is 0 Å². The standard InChI is InChI=1S/C18H17ClFN3O3/c19-17-11-15(20)5-4-14(17)12-21-6-8-22(9-7-21)18(24)13-2-1-3-16(10-13)23(25)26/h1-5,10-11H,6-9,12H2. The van der Waals surface area contributed by atoms with E-state index < -0.39 is 4.92 Å². The van der Waals surface area contributed by atoms with Crippen molar-refractivity contribution < 1.29 is 14.1 Å². The van der Waals surface area contributed by atoms with Crippen molar-refractivity contribution in [3.05, 3.63) is 74.5 Å². The highest BCUT2D eigenvalue weighted by Crippen LogP contribution is 2.20. The van der Waals surface area contributed by atoms with Gasteiger partial charge in [-0.25, -0.2) is 4.39 Å². The van der Waals surface area contributed by atoms with Gasteiger partial charge in [0.2, 0.25) is 0 Å². The number of amides is 1. The molecule has 1 saturated heterocycles. The number of halogens is 2. The highest BCUT2D eigenvalue weighted by Gasteiger charge is 2.23. The molecule has 0 unspecified atom stereocenters. The third kappa shape index (κ3) is 4.17. The molecule has 3 rings (SSSR count). The van der Waals surface area contributed by atoms with Crippen LogP contribution in [-0.2, 0) is 6.54 Å². The molecular weight excluding hydrogens is 361 g/mol. The Balaban J connectivity index is 1.60. The average molecular weight is 378 g/mol. The maximum Gasteiger partial charge on any atom is 0.270 e. The van der Waals surface area contributed by atoms with Gasteiger partial charge in [-0.05, 0) is 23.8 Å². The summed E-state index contributed by atoms with van der Waals surface area (Å²) < 4.78 is 13.1. The summed E-state index contributed by atoms with van der Waals surface area (Å²) in [6.45, 7) is 2.90. The van der Waals surface area contributed by atoms with Crippen molar-refractivity contribution in [1.82, 2.24) is 9.80 Å². The molecule has 1 amide bonds. The Kier molecular flexibility index (Phi) is 5.49. The van der Waals surface area contributed by atoms with E-state index >= 15 is 0 Å². The largest absolute Gasteiger partial charge is 0.336 e. The highest BCUT2D eigenvalue weighted by atomic mass is 35.5. The number of nitrogens with zero attached hydrogens (tertiary/aromatic N) is 3. The normalized spacial score (nSPS) is 15.1. The van der Waals surface area contributed by atoms with Gasteiger partial charge in [0.15, 0.2) is 0 Å². The van der Waals surface area contributed by atoms with Crippen molar-refractivity contribution in [3.63, 3.8) is 0 Å². The molecule has 0 N–H and O–H groups in total. The first-order valence-electron chi connectivity index (χ1n) is 8.14. The number of hydrogen-bond donors (Lipinski definition) is 0. The fourth-order valence-corrected chi connectivity index (χ4v) is 3.16. The van der Waals surface area contributed by atoms with E-state index in [0.717, 1.165) is 5.56 Å². The predicted octanol–water partition coefficient (Wildman–Crippen LogP) is 3.35. The van der Waals surface area contributed by atoms with Gasteiger partial charge in [-0.15, -0.1) is 0 Å². The number of non-ortho nitro benzene ring substituents is 1. The third-order valence-corrected chi connectivity index (χ3v) is 4.72. The van der Waals surface area contributed by atoms with Crippen LogP contribution in [0.25, 0.3) is 0 Å². The van der Waals surface area contributed by atoms with Gasteiger partial charge in [0, 0.05) is 55.4 Å². The molecule has 0 bridgehead atoms. The van der Waals surface area contributed by atoms with Crippen LogP contribution in [0.2, 0.25) is 5.02 Å². The summed E-state index contributed by atoms with van der Waals surface area (Å²) >= 11 is 6.06. The first-order chi connectivity index (χ1) is 12.4. The predicted molar refractivity (Wildman–Crippen MR) is 95.7 cm³/mol. The average Bonchev–Trinajstić information content (AvgIpc) is 2.64. The number of rotatable bonds is 4. The molecule has 1 aliphatic heterocycles. The Bertz CT molecular complexity index is 838. The molecular formula is C18H17ClFN3O3. The minimum absolute atomic E-state index is 0.0968. The second kappa shape index (κ2) is 7.80. The van der Waals surface area contributed by atoms with Crippen LogP contribution in [0.4, 0.5) is 10.1 Å². The molecule has 136 valence electrons. The number of nitro benzene ring substituents is 1. The molecule has 1 aliphatic rings. The Labute approximate surface area is 154 Å². The van der Waals surface area contributed by atoms with Crippen LogP contribution in [0, 0.1) is 15.9 Å². The van der Waals surface area contributed by atoms with E-state index in [0.29, 0.717) is 43.3 Å². The fraction of sp³-hybridized carbons (Fsp3) is 0.278. The summed E-state index contributed by atoms with van der Waals surface area (Å²) in [6.07, 6.45) is 0. The quantitative estimate of drug-likeness (QED) is 0.605. The molecule has 0 saturated carbocycles. The fourth-order valence-electron chi connectivity index (χ4n) is 2.93. The number of carbonyl (C=O) groups excluding carboxylic acids is 1. The molecule has 2 aromatic rings. The summed E-state index contributed by atoms with van der Waals surface area (Å²) in [5.74, 6) is -0.584. The molecule has 0 spiro atoms. The van der Waals surface area contributed by atoms with Crippen molar-refractivity contribution >= 4 is 23.2 Å². The van der Waals surface area contributed by atoms with Crippen molar-refractivity contribution in [2.45, 2.75) is 6.54 Å². The molecule has 6 nitrogen and oxygen atoms in total. The van der Waals surface area contributed by atoms with E-state index in [4.69, 9.17) is 11.6 Å². The van der Waals surface area contributed by atoms with Crippen LogP contribution in [0.3, 0.4) is 0 Å². The maximum absolute atomic E-state index is 13.1. The van der Waals surface area contributed by atoms with Gasteiger partial charge in [-0.1, -0.05) is 23.7 Å². The minimum Gasteiger partial charge on any atom is -0.336 e. The van der Waals surface area contributed by atoms with Gasteiger partial charge < -0.3 is 4.90 Å². The maximum atomic E-state index is 13.1. The molecule has 1 heterocycles. The van der Waals surface area contributed by atoms with E-state index in [1.54, 1.807) is 17.0 Å². The summed E-state index contributed by atoms with van der Waals surface area (Å²) in [5.41, 5.74) is 1.06. The summed E-state index contributed by atoms with van der Waals surface area (Å²) in [5, 5.41) is 11.2. The van der Waals surface area contributed by atoms with E-state index in [1.807, 2.05) is 0 Å². The summed E-state index contributed by atoms with van der Waals surface area (Å²) in [6, 6.07) is 10.1. The number of hydrogen-bond acceptors (Lipinski definition) is 4. The zero-order chi connectivity index (χ0) is 18.7. The molecule has 0 aliphatic carbocycles. The van der Waals surface area contributed by atoms with Crippen LogP contribution < -0.4 is 0 Å². The SMILES string of the molecule is O=C(c1cccc([N+](=O)[O-])c1)N1CCN(Cc2ccc(F)cc2Cl)CC1. The van der Waals surface area contributed by atoms with Gasteiger partial charge in [-0.3, -0.25) is 19.8 Å². The zero-order valence-electron chi connectivity index (χ0n) is 13.9. The lowest BCUT2D eigenvalue weighted by molar-refractivity contribution is -0.384. The number of carbonyl (C=O) groups is 1. The van der Waals surface area contributed by atoms with E-state index in [2.05, 4.69) is 4.90 Å². The van der Waals surface area contributed by atoms with Gasteiger partial charge >= 0.3 is 0 Å². The lowest BCUT2D eigenvalue weighted by Gasteiger charge is -2.35.